The van der Waals surface area contributed by atoms with Gasteiger partial charge in [0.15, 0.2) is 0 Å². The number of hydrogen-bond donors (Lipinski definition) is 1. The summed E-state index contributed by atoms with van der Waals surface area (Å²) in [6.07, 6.45) is 8.22. The Kier molecular flexibility index (Phi) is 4.73. The number of fused-ring (bicyclic) bond motifs is 1. The van der Waals surface area contributed by atoms with Crippen molar-refractivity contribution in [1.29, 1.82) is 0 Å². The average molecular weight is 429 g/mol. The molecule has 5 heteroatoms. The Morgan fingerprint density at radius 3 is 2.56 bits per heavy atom. The number of carboxylic acids is 1. The smallest absolute Gasteiger partial charge is 0.306 e. The first-order valence-corrected chi connectivity index (χ1v) is 11.7. The summed E-state index contributed by atoms with van der Waals surface area (Å²) < 4.78 is 5.69. The number of carbonyl (C=O) groups is 1. The molecule has 1 N–H and O–H groups in total. The molecule has 164 valence electrons. The van der Waals surface area contributed by atoms with Crippen LogP contribution in [0.2, 0.25) is 0 Å². The van der Waals surface area contributed by atoms with E-state index in [9.17, 15) is 4.79 Å². The Morgan fingerprint density at radius 2 is 1.84 bits per heavy atom. The van der Waals surface area contributed by atoms with Crippen LogP contribution in [-0.2, 0) is 17.6 Å². The summed E-state index contributed by atoms with van der Waals surface area (Å²) in [7, 11) is 0. The van der Waals surface area contributed by atoms with Gasteiger partial charge >= 0.3 is 5.97 Å². The number of nitrogens with zero attached hydrogens (tertiary/aromatic N) is 2. The van der Waals surface area contributed by atoms with Crippen LogP contribution >= 0.6 is 0 Å². The summed E-state index contributed by atoms with van der Waals surface area (Å²) in [5, 5.41) is 9.10. The fraction of sp³-hybridized carbons (Fsp3) is 0.481. The molecule has 32 heavy (non-hydrogen) atoms. The van der Waals surface area contributed by atoms with Gasteiger partial charge in [-0.25, -0.2) is 4.98 Å². The predicted octanol–water partition coefficient (Wildman–Crippen LogP) is 3.53. The minimum atomic E-state index is -0.632. The van der Waals surface area contributed by atoms with E-state index in [2.05, 4.69) is 39.9 Å². The highest BCUT2D eigenvalue weighted by atomic mass is 16.5. The van der Waals surface area contributed by atoms with Crippen LogP contribution in [0, 0.1) is 29.1 Å². The van der Waals surface area contributed by atoms with Crippen molar-refractivity contribution in [3.8, 4) is 17.7 Å². The number of aliphatic carboxylic acids is 1. The van der Waals surface area contributed by atoms with Crippen LogP contribution in [0.1, 0.15) is 47.9 Å². The van der Waals surface area contributed by atoms with Crippen LogP contribution in [0.4, 0.5) is 0 Å². The van der Waals surface area contributed by atoms with Crippen molar-refractivity contribution in [2.45, 2.75) is 44.6 Å². The second-order valence-electron chi connectivity index (χ2n) is 10.3. The summed E-state index contributed by atoms with van der Waals surface area (Å²) in [6, 6.07) is 11.0. The monoisotopic (exact) mass is 428 g/mol. The van der Waals surface area contributed by atoms with Crippen LogP contribution in [0.5, 0.6) is 5.88 Å². The summed E-state index contributed by atoms with van der Waals surface area (Å²) in [4.78, 5) is 17.9. The van der Waals surface area contributed by atoms with Gasteiger partial charge in [0.2, 0.25) is 5.88 Å². The van der Waals surface area contributed by atoms with Crippen molar-refractivity contribution in [3.05, 3.63) is 58.8 Å². The molecule has 2 heterocycles. The maximum atomic E-state index is 11.1. The molecule has 1 aromatic carbocycles. The van der Waals surface area contributed by atoms with E-state index < -0.39 is 5.97 Å². The van der Waals surface area contributed by atoms with Gasteiger partial charge in [0, 0.05) is 47.9 Å². The fourth-order valence-corrected chi connectivity index (χ4v) is 5.47. The average Bonchev–Trinajstić information content (AvgIpc) is 3.47. The lowest BCUT2D eigenvalue weighted by molar-refractivity contribution is -0.150. The second kappa shape index (κ2) is 7.64. The predicted molar refractivity (Wildman–Crippen MR) is 120 cm³/mol. The second-order valence-corrected chi connectivity index (χ2v) is 10.3. The van der Waals surface area contributed by atoms with Crippen LogP contribution < -0.4 is 4.74 Å². The first-order valence-electron chi connectivity index (χ1n) is 11.7. The van der Waals surface area contributed by atoms with Gasteiger partial charge < -0.3 is 9.84 Å². The summed E-state index contributed by atoms with van der Waals surface area (Å²) in [5.74, 6) is 7.18. The molecule has 3 fully saturated rings. The Balaban J connectivity index is 1.05. The number of rotatable bonds is 5. The Morgan fingerprint density at radius 1 is 1.09 bits per heavy atom. The topological polar surface area (TPSA) is 62.7 Å². The number of ether oxygens (including phenoxy) is 1. The Bertz CT molecular complexity index is 1100. The van der Waals surface area contributed by atoms with Gasteiger partial charge in [-0.15, -0.1) is 0 Å². The zero-order chi connectivity index (χ0) is 21.7. The third-order valence-corrected chi connectivity index (χ3v) is 7.64. The third kappa shape index (κ3) is 3.89. The highest BCUT2D eigenvalue weighted by Gasteiger charge is 2.51. The van der Waals surface area contributed by atoms with Gasteiger partial charge in [-0.1, -0.05) is 17.9 Å². The molecule has 2 aromatic rings. The van der Waals surface area contributed by atoms with Gasteiger partial charge in [0.1, 0.15) is 0 Å². The number of benzene rings is 1. The molecule has 3 aliphatic carbocycles. The molecule has 5 nitrogen and oxygen atoms in total. The van der Waals surface area contributed by atoms with Gasteiger partial charge in [-0.3, -0.25) is 9.69 Å². The minimum absolute atomic E-state index is 0.125. The summed E-state index contributed by atoms with van der Waals surface area (Å²) >= 11 is 0. The van der Waals surface area contributed by atoms with Crippen molar-refractivity contribution < 1.29 is 14.6 Å². The van der Waals surface area contributed by atoms with E-state index in [0.717, 1.165) is 62.4 Å². The zero-order valence-corrected chi connectivity index (χ0v) is 18.2. The lowest BCUT2D eigenvalue weighted by Crippen LogP contribution is -2.63. The van der Waals surface area contributed by atoms with Crippen molar-refractivity contribution in [2.24, 2.45) is 17.3 Å². The van der Waals surface area contributed by atoms with Crippen LogP contribution in [0.25, 0.3) is 0 Å². The quantitative estimate of drug-likeness (QED) is 0.739. The Hall–Kier alpha value is -2.84. The van der Waals surface area contributed by atoms with Gasteiger partial charge in [-0.05, 0) is 73.8 Å². The van der Waals surface area contributed by atoms with E-state index in [4.69, 9.17) is 9.84 Å². The van der Waals surface area contributed by atoms with E-state index in [1.807, 2.05) is 12.1 Å². The molecule has 0 radical (unpaired) electrons. The molecule has 0 atom stereocenters. The lowest BCUT2D eigenvalue weighted by atomic mass is 9.71. The SMILES string of the molecule is O=C(O)C1CC(N2CC3(Cc4ccc(C#Cc5ccc(OCC6CC6)nc5)cc4C3)C2)C1. The van der Waals surface area contributed by atoms with Crippen LogP contribution in [0.15, 0.2) is 36.5 Å². The van der Waals surface area contributed by atoms with E-state index >= 15 is 0 Å². The molecular weight excluding hydrogens is 400 g/mol. The van der Waals surface area contributed by atoms with Crippen LogP contribution in [-0.4, -0.2) is 46.7 Å². The number of aromatic nitrogens is 1. The van der Waals surface area contributed by atoms with Gasteiger partial charge in [0.05, 0.1) is 12.5 Å². The Labute approximate surface area is 188 Å². The zero-order valence-electron chi connectivity index (χ0n) is 18.2. The van der Waals surface area contributed by atoms with E-state index in [-0.39, 0.29) is 5.92 Å². The van der Waals surface area contributed by atoms with Crippen molar-refractivity contribution in [2.75, 3.05) is 19.7 Å². The molecule has 1 spiro atoms. The number of hydrogen-bond acceptors (Lipinski definition) is 4. The maximum absolute atomic E-state index is 11.1. The number of likely N-dealkylation sites (tertiary alicyclic amines) is 1. The highest BCUT2D eigenvalue weighted by Crippen LogP contribution is 2.47. The van der Waals surface area contributed by atoms with E-state index in [1.165, 1.54) is 24.0 Å². The molecule has 2 saturated carbocycles. The van der Waals surface area contributed by atoms with Crippen LogP contribution in [0.3, 0.4) is 0 Å². The first-order chi connectivity index (χ1) is 15.6. The van der Waals surface area contributed by atoms with Crippen molar-refractivity contribution in [3.63, 3.8) is 0 Å². The van der Waals surface area contributed by atoms with Gasteiger partial charge in [-0.2, -0.15) is 0 Å². The molecule has 0 amide bonds. The fourth-order valence-electron chi connectivity index (χ4n) is 5.47. The van der Waals surface area contributed by atoms with E-state index in [1.54, 1.807) is 6.20 Å². The summed E-state index contributed by atoms with van der Waals surface area (Å²) in [5.41, 5.74) is 5.18. The highest BCUT2D eigenvalue weighted by molar-refractivity contribution is 5.71. The molecule has 0 unspecified atom stereocenters. The number of carboxylic acid groups (broad SMARTS) is 1. The molecule has 1 aliphatic heterocycles. The van der Waals surface area contributed by atoms with Crippen molar-refractivity contribution >= 4 is 5.97 Å². The molecule has 1 saturated heterocycles. The summed E-state index contributed by atoms with van der Waals surface area (Å²) in [6.45, 7) is 2.97. The maximum Gasteiger partial charge on any atom is 0.306 e. The third-order valence-electron chi connectivity index (χ3n) is 7.64. The largest absolute Gasteiger partial charge is 0.481 e. The molecule has 4 aliphatic rings. The molecule has 1 aromatic heterocycles. The van der Waals surface area contributed by atoms with E-state index in [0.29, 0.717) is 17.3 Å². The molecule has 0 bridgehead atoms. The molecular formula is C27H28N2O3. The minimum Gasteiger partial charge on any atom is -0.481 e. The lowest BCUT2D eigenvalue weighted by Gasteiger charge is -2.55. The number of pyridine rings is 1. The molecule has 6 rings (SSSR count). The first kappa shape index (κ1) is 19.8. The normalized spacial score (nSPS) is 25.2. The standard InChI is InChI=1S/C27H28N2O3/c30-26(31)22-10-24(11-22)29-16-27(17-29)12-21-7-5-18(9-23(21)13-27)1-2-19-6-8-25(28-14-19)32-15-20-3-4-20/h5-9,14,20,22,24H,3-4,10-13,15-17H2,(H,30,31). The van der Waals surface area contributed by atoms with Gasteiger partial charge in [0.25, 0.3) is 0 Å². The van der Waals surface area contributed by atoms with Crippen molar-refractivity contribution in [1.82, 2.24) is 9.88 Å².